The number of anilines is 3. The van der Waals surface area contributed by atoms with Gasteiger partial charge in [0.2, 0.25) is 11.8 Å². The van der Waals surface area contributed by atoms with Gasteiger partial charge < -0.3 is 14.7 Å². The minimum absolute atomic E-state index is 0.0136. The number of rotatable bonds is 9. The van der Waals surface area contributed by atoms with E-state index in [2.05, 4.69) is 18.7 Å². The summed E-state index contributed by atoms with van der Waals surface area (Å²) >= 11 is 0. The van der Waals surface area contributed by atoms with Gasteiger partial charge in [-0.2, -0.15) is 0 Å². The van der Waals surface area contributed by atoms with E-state index in [0.29, 0.717) is 13.1 Å². The molecule has 150 valence electrons. The molecule has 0 spiro atoms. The van der Waals surface area contributed by atoms with Gasteiger partial charge in [-0.25, -0.2) is 0 Å². The fourth-order valence-electron chi connectivity index (χ4n) is 3.35. The molecule has 0 saturated carbocycles. The molecule has 2 aromatic rings. The van der Waals surface area contributed by atoms with Crippen molar-refractivity contribution in [2.75, 3.05) is 40.9 Å². The summed E-state index contributed by atoms with van der Waals surface area (Å²) in [7, 11) is 0. The van der Waals surface area contributed by atoms with Crippen LogP contribution in [0.15, 0.2) is 54.6 Å². The van der Waals surface area contributed by atoms with E-state index in [0.717, 1.165) is 30.2 Å². The van der Waals surface area contributed by atoms with E-state index >= 15 is 0 Å². The second kappa shape index (κ2) is 10.5. The molecule has 0 heterocycles. The average molecular weight is 382 g/mol. The van der Waals surface area contributed by atoms with Gasteiger partial charge in [0.1, 0.15) is 0 Å². The normalized spacial score (nSPS) is 10.4. The maximum atomic E-state index is 12.7. The third-order valence-electron chi connectivity index (χ3n) is 4.90. The Morgan fingerprint density at radius 1 is 0.714 bits per heavy atom. The first-order valence-corrected chi connectivity index (χ1v) is 10.00. The van der Waals surface area contributed by atoms with E-state index < -0.39 is 0 Å². The van der Waals surface area contributed by atoms with Crippen molar-refractivity contribution in [3.63, 3.8) is 0 Å². The van der Waals surface area contributed by atoms with Gasteiger partial charge in [-0.05, 0) is 57.2 Å². The van der Waals surface area contributed by atoms with Crippen molar-refractivity contribution in [1.82, 2.24) is 0 Å². The van der Waals surface area contributed by atoms with Gasteiger partial charge in [-0.1, -0.05) is 18.2 Å². The van der Waals surface area contributed by atoms with E-state index in [1.54, 1.807) is 9.80 Å². The van der Waals surface area contributed by atoms with Crippen LogP contribution in [0.5, 0.6) is 0 Å². The van der Waals surface area contributed by atoms with Gasteiger partial charge in [-0.15, -0.1) is 0 Å². The minimum Gasteiger partial charge on any atom is -0.372 e. The van der Waals surface area contributed by atoms with E-state index in [-0.39, 0.29) is 18.2 Å². The zero-order valence-electron chi connectivity index (χ0n) is 17.4. The Kier molecular flexibility index (Phi) is 8.05. The van der Waals surface area contributed by atoms with Crippen LogP contribution < -0.4 is 14.7 Å². The highest BCUT2D eigenvalue weighted by molar-refractivity contribution is 5.96. The van der Waals surface area contributed by atoms with Crippen LogP contribution in [0, 0.1) is 0 Å². The molecule has 2 amide bonds. The van der Waals surface area contributed by atoms with Crippen LogP contribution in [0.4, 0.5) is 17.1 Å². The summed E-state index contributed by atoms with van der Waals surface area (Å²) < 4.78 is 0. The number of para-hydroxylation sites is 1. The third-order valence-corrected chi connectivity index (χ3v) is 4.90. The average Bonchev–Trinajstić information content (AvgIpc) is 2.71. The lowest BCUT2D eigenvalue weighted by atomic mass is 10.2. The van der Waals surface area contributed by atoms with E-state index in [4.69, 9.17) is 0 Å². The predicted molar refractivity (Wildman–Crippen MR) is 117 cm³/mol. The zero-order chi connectivity index (χ0) is 20.5. The molecule has 0 aliphatic carbocycles. The fraction of sp³-hybridized carbons (Fsp3) is 0.391. The first kappa shape index (κ1) is 21.5. The monoisotopic (exact) mass is 381 g/mol. The van der Waals surface area contributed by atoms with Crippen molar-refractivity contribution < 1.29 is 9.59 Å². The molecule has 0 unspecified atom stereocenters. The number of nitrogens with zero attached hydrogens (tertiary/aromatic N) is 3. The predicted octanol–water partition coefficient (Wildman–Crippen LogP) is 4.33. The van der Waals surface area contributed by atoms with Crippen LogP contribution in [0.1, 0.15) is 34.1 Å². The van der Waals surface area contributed by atoms with Crippen LogP contribution in [0.2, 0.25) is 0 Å². The summed E-state index contributed by atoms with van der Waals surface area (Å²) in [5.74, 6) is -0.0501. The van der Waals surface area contributed by atoms with E-state index in [1.165, 1.54) is 6.92 Å². The molecule has 0 bridgehead atoms. The van der Waals surface area contributed by atoms with Crippen molar-refractivity contribution in [2.24, 2.45) is 0 Å². The SMILES string of the molecule is CCN(CC)c1ccc(N(CCC(=O)N(CC)c2ccccc2)C(C)=O)cc1. The van der Waals surface area contributed by atoms with Crippen LogP contribution in [0.25, 0.3) is 0 Å². The van der Waals surface area contributed by atoms with Crippen molar-refractivity contribution in [1.29, 1.82) is 0 Å². The highest BCUT2D eigenvalue weighted by atomic mass is 16.2. The molecular weight excluding hydrogens is 350 g/mol. The Labute approximate surface area is 168 Å². The first-order valence-electron chi connectivity index (χ1n) is 10.00. The molecule has 0 N–H and O–H groups in total. The quantitative estimate of drug-likeness (QED) is 0.649. The molecular formula is C23H31N3O2. The molecule has 5 heteroatoms. The lowest BCUT2D eigenvalue weighted by Gasteiger charge is -2.26. The number of amides is 2. The van der Waals surface area contributed by atoms with Crippen LogP contribution in [0.3, 0.4) is 0 Å². The van der Waals surface area contributed by atoms with E-state index in [9.17, 15) is 9.59 Å². The van der Waals surface area contributed by atoms with E-state index in [1.807, 2.05) is 61.5 Å². The standard InChI is InChI=1S/C23H31N3O2/c1-5-24(6-2)20-13-15-22(16-14-20)26(19(4)27)18-17-23(28)25(7-3)21-11-9-8-10-12-21/h8-16H,5-7,17-18H2,1-4H3. The van der Waals surface area contributed by atoms with Crippen molar-refractivity contribution >= 4 is 28.9 Å². The molecule has 0 saturated heterocycles. The fourth-order valence-corrected chi connectivity index (χ4v) is 3.35. The second-order valence-corrected chi connectivity index (χ2v) is 6.58. The lowest BCUT2D eigenvalue weighted by Crippen LogP contribution is -2.36. The Morgan fingerprint density at radius 2 is 1.25 bits per heavy atom. The van der Waals surface area contributed by atoms with Crippen molar-refractivity contribution in [3.05, 3.63) is 54.6 Å². The minimum atomic E-state index is -0.0638. The van der Waals surface area contributed by atoms with Crippen LogP contribution in [-0.2, 0) is 9.59 Å². The number of hydrogen-bond donors (Lipinski definition) is 0. The number of carbonyl (C=O) groups excluding carboxylic acids is 2. The van der Waals surface area contributed by atoms with Gasteiger partial charge in [0.15, 0.2) is 0 Å². The summed E-state index contributed by atoms with van der Waals surface area (Å²) in [6.45, 7) is 10.6. The highest BCUT2D eigenvalue weighted by Crippen LogP contribution is 2.22. The molecule has 2 rings (SSSR count). The lowest BCUT2D eigenvalue weighted by molar-refractivity contribution is -0.118. The van der Waals surface area contributed by atoms with Gasteiger partial charge in [0, 0.05) is 56.6 Å². The first-order chi connectivity index (χ1) is 13.5. The Balaban J connectivity index is 2.08. The molecule has 28 heavy (non-hydrogen) atoms. The third kappa shape index (κ3) is 5.35. The Bertz CT molecular complexity index is 755. The Morgan fingerprint density at radius 3 is 1.75 bits per heavy atom. The smallest absolute Gasteiger partial charge is 0.228 e. The number of benzene rings is 2. The molecule has 5 nitrogen and oxygen atoms in total. The summed E-state index contributed by atoms with van der Waals surface area (Å²) in [4.78, 5) is 30.6. The largest absolute Gasteiger partial charge is 0.372 e. The zero-order valence-corrected chi connectivity index (χ0v) is 17.4. The summed E-state index contributed by atoms with van der Waals surface area (Å²) in [5, 5.41) is 0. The van der Waals surface area contributed by atoms with Crippen molar-refractivity contribution in [3.8, 4) is 0 Å². The number of hydrogen-bond acceptors (Lipinski definition) is 3. The molecule has 0 radical (unpaired) electrons. The second-order valence-electron chi connectivity index (χ2n) is 6.58. The molecule has 0 aliphatic rings. The van der Waals surface area contributed by atoms with Crippen molar-refractivity contribution in [2.45, 2.75) is 34.1 Å². The molecule has 0 atom stereocenters. The van der Waals surface area contributed by atoms with Gasteiger partial charge in [-0.3, -0.25) is 9.59 Å². The summed E-state index contributed by atoms with van der Waals surface area (Å²) in [6.07, 6.45) is 0.278. The molecule has 2 aromatic carbocycles. The van der Waals surface area contributed by atoms with Crippen LogP contribution >= 0.6 is 0 Å². The maximum Gasteiger partial charge on any atom is 0.228 e. The molecule has 0 aromatic heterocycles. The van der Waals surface area contributed by atoms with Crippen LogP contribution in [-0.4, -0.2) is 38.0 Å². The summed E-state index contributed by atoms with van der Waals surface area (Å²) in [6, 6.07) is 17.6. The highest BCUT2D eigenvalue weighted by Gasteiger charge is 2.18. The number of carbonyl (C=O) groups is 2. The van der Waals surface area contributed by atoms with Gasteiger partial charge in [0.05, 0.1) is 0 Å². The molecule has 0 aliphatic heterocycles. The molecule has 0 fully saturated rings. The Hall–Kier alpha value is -2.82. The summed E-state index contributed by atoms with van der Waals surface area (Å²) in [5.41, 5.74) is 2.83. The maximum absolute atomic E-state index is 12.7. The van der Waals surface area contributed by atoms with Gasteiger partial charge in [0.25, 0.3) is 0 Å². The topological polar surface area (TPSA) is 43.9 Å². The van der Waals surface area contributed by atoms with Gasteiger partial charge >= 0.3 is 0 Å².